The Balaban J connectivity index is 2.50. The minimum Gasteiger partial charge on any atom is -0.478 e. The first-order valence-corrected chi connectivity index (χ1v) is 6.34. The first-order chi connectivity index (χ1) is 9.61. The van der Waals surface area contributed by atoms with Gasteiger partial charge in [-0.3, -0.25) is 4.79 Å². The molecule has 2 aromatic carbocycles. The Morgan fingerprint density at radius 1 is 1.10 bits per heavy atom. The fourth-order valence-corrected chi connectivity index (χ4v) is 1.89. The summed E-state index contributed by atoms with van der Waals surface area (Å²) in [5.74, 6) is -1.17. The van der Waals surface area contributed by atoms with Crippen LogP contribution in [0.3, 0.4) is 0 Å². The molecule has 0 aliphatic rings. The molecule has 1 amide bonds. The van der Waals surface area contributed by atoms with E-state index in [0.29, 0.717) is 12.1 Å². The van der Waals surface area contributed by atoms with E-state index in [1.807, 2.05) is 30.3 Å². The number of benzene rings is 2. The maximum Gasteiger partial charge on any atom is 0.335 e. The molecule has 0 unspecified atom stereocenters. The van der Waals surface area contributed by atoms with Gasteiger partial charge < -0.3 is 10.4 Å². The van der Waals surface area contributed by atoms with E-state index in [0.717, 1.165) is 11.1 Å². The van der Waals surface area contributed by atoms with Crippen molar-refractivity contribution in [3.05, 3.63) is 54.1 Å². The summed E-state index contributed by atoms with van der Waals surface area (Å²) in [6, 6.07) is 14.3. The second-order valence-electron chi connectivity index (χ2n) is 4.33. The van der Waals surface area contributed by atoms with Crippen LogP contribution in [0.1, 0.15) is 23.7 Å². The summed E-state index contributed by atoms with van der Waals surface area (Å²) in [6.07, 6.45) is 0.339. The molecule has 0 saturated heterocycles. The number of nitrogens with one attached hydrogen (secondary N) is 1. The van der Waals surface area contributed by atoms with Gasteiger partial charge in [-0.15, -0.1) is 0 Å². The number of rotatable bonds is 4. The molecule has 2 rings (SSSR count). The molecule has 0 atom stereocenters. The van der Waals surface area contributed by atoms with Gasteiger partial charge in [0.05, 0.1) is 5.56 Å². The number of carbonyl (C=O) groups excluding carboxylic acids is 1. The summed E-state index contributed by atoms with van der Waals surface area (Å²) in [6.45, 7) is 1.75. The highest BCUT2D eigenvalue weighted by molar-refractivity contribution is 5.98. The number of aromatic carboxylic acids is 1. The van der Waals surface area contributed by atoms with Crippen molar-refractivity contribution < 1.29 is 14.7 Å². The first kappa shape index (κ1) is 13.8. The van der Waals surface area contributed by atoms with Gasteiger partial charge in [-0.25, -0.2) is 4.79 Å². The van der Waals surface area contributed by atoms with Crippen LogP contribution in [0, 0.1) is 0 Å². The van der Waals surface area contributed by atoms with Gasteiger partial charge >= 0.3 is 5.97 Å². The lowest BCUT2D eigenvalue weighted by Gasteiger charge is -2.12. The van der Waals surface area contributed by atoms with Crippen molar-refractivity contribution in [2.75, 3.05) is 5.32 Å². The number of carboxylic acids is 1. The largest absolute Gasteiger partial charge is 0.478 e. The molecule has 0 spiro atoms. The quantitative estimate of drug-likeness (QED) is 0.894. The summed E-state index contributed by atoms with van der Waals surface area (Å²) in [5, 5.41) is 11.8. The lowest BCUT2D eigenvalue weighted by molar-refractivity contribution is -0.115. The molecule has 4 heteroatoms. The Bertz CT molecular complexity index is 635. The van der Waals surface area contributed by atoms with Crippen molar-refractivity contribution in [2.24, 2.45) is 0 Å². The SMILES string of the molecule is CCC(=O)Nc1cc(C(=O)O)ccc1-c1ccccc1. The van der Waals surface area contributed by atoms with E-state index in [4.69, 9.17) is 5.11 Å². The van der Waals surface area contributed by atoms with Gasteiger partial charge in [0.15, 0.2) is 0 Å². The van der Waals surface area contributed by atoms with Crippen LogP contribution in [0.25, 0.3) is 11.1 Å². The molecule has 0 aliphatic carbocycles. The Morgan fingerprint density at radius 2 is 1.80 bits per heavy atom. The monoisotopic (exact) mass is 269 g/mol. The predicted octanol–water partition coefficient (Wildman–Crippen LogP) is 3.40. The van der Waals surface area contributed by atoms with Crippen molar-refractivity contribution in [3.63, 3.8) is 0 Å². The topological polar surface area (TPSA) is 66.4 Å². The molecule has 0 radical (unpaired) electrons. The molecule has 0 aromatic heterocycles. The third kappa shape index (κ3) is 3.03. The van der Waals surface area contributed by atoms with E-state index < -0.39 is 5.97 Å². The zero-order valence-corrected chi connectivity index (χ0v) is 11.1. The van der Waals surface area contributed by atoms with Gasteiger partial charge in [0, 0.05) is 17.7 Å². The van der Waals surface area contributed by atoms with Gasteiger partial charge in [0.25, 0.3) is 0 Å². The Morgan fingerprint density at radius 3 is 2.40 bits per heavy atom. The van der Waals surface area contributed by atoms with Crippen LogP contribution in [0.15, 0.2) is 48.5 Å². The molecule has 2 aromatic rings. The van der Waals surface area contributed by atoms with Crippen molar-refractivity contribution >= 4 is 17.6 Å². The average molecular weight is 269 g/mol. The van der Waals surface area contributed by atoms with Crippen LogP contribution in [0.2, 0.25) is 0 Å². The van der Waals surface area contributed by atoms with E-state index in [9.17, 15) is 9.59 Å². The Labute approximate surface area is 117 Å². The van der Waals surface area contributed by atoms with Crippen LogP contribution >= 0.6 is 0 Å². The van der Waals surface area contributed by atoms with Crippen molar-refractivity contribution in [3.8, 4) is 11.1 Å². The molecule has 0 saturated carbocycles. The number of hydrogen-bond donors (Lipinski definition) is 2. The minimum absolute atomic E-state index is 0.148. The number of anilines is 1. The highest BCUT2D eigenvalue weighted by Crippen LogP contribution is 2.29. The normalized spacial score (nSPS) is 10.1. The zero-order valence-electron chi connectivity index (χ0n) is 11.1. The minimum atomic E-state index is -1.02. The molecule has 102 valence electrons. The molecule has 4 nitrogen and oxygen atoms in total. The third-order valence-electron chi connectivity index (χ3n) is 2.95. The number of carbonyl (C=O) groups is 2. The Kier molecular flexibility index (Phi) is 4.15. The van der Waals surface area contributed by atoms with Gasteiger partial charge in [-0.05, 0) is 17.7 Å². The van der Waals surface area contributed by atoms with E-state index in [-0.39, 0.29) is 11.5 Å². The second-order valence-corrected chi connectivity index (χ2v) is 4.33. The van der Waals surface area contributed by atoms with Crippen molar-refractivity contribution in [1.82, 2.24) is 0 Å². The van der Waals surface area contributed by atoms with E-state index in [1.165, 1.54) is 12.1 Å². The smallest absolute Gasteiger partial charge is 0.335 e. The maximum atomic E-state index is 11.6. The van der Waals surface area contributed by atoms with Crippen LogP contribution in [-0.4, -0.2) is 17.0 Å². The van der Waals surface area contributed by atoms with E-state index in [1.54, 1.807) is 13.0 Å². The molecule has 0 aliphatic heterocycles. The average Bonchev–Trinajstić information content (AvgIpc) is 2.47. The lowest BCUT2D eigenvalue weighted by Crippen LogP contribution is -2.11. The summed E-state index contributed by atoms with van der Waals surface area (Å²) in [5.41, 5.74) is 2.40. The van der Waals surface area contributed by atoms with Crippen LogP contribution in [0.4, 0.5) is 5.69 Å². The van der Waals surface area contributed by atoms with E-state index in [2.05, 4.69) is 5.32 Å². The molecular formula is C16H15NO3. The van der Waals surface area contributed by atoms with Crippen LogP contribution < -0.4 is 5.32 Å². The standard InChI is InChI=1S/C16H15NO3/c1-2-15(18)17-14-10-12(16(19)20)8-9-13(14)11-6-4-3-5-7-11/h3-10H,2H2,1H3,(H,17,18)(H,19,20). The summed E-state index contributed by atoms with van der Waals surface area (Å²) < 4.78 is 0. The van der Waals surface area contributed by atoms with Gasteiger partial charge in [0.2, 0.25) is 5.91 Å². The molecule has 0 bridgehead atoms. The summed E-state index contributed by atoms with van der Waals surface area (Å²) in [7, 11) is 0. The van der Waals surface area contributed by atoms with Gasteiger partial charge in [0.1, 0.15) is 0 Å². The van der Waals surface area contributed by atoms with Crippen LogP contribution in [0.5, 0.6) is 0 Å². The predicted molar refractivity (Wildman–Crippen MR) is 77.8 cm³/mol. The molecule has 0 heterocycles. The second kappa shape index (κ2) is 6.02. The third-order valence-corrected chi connectivity index (χ3v) is 2.95. The fraction of sp³-hybridized carbons (Fsp3) is 0.125. The fourth-order valence-electron chi connectivity index (χ4n) is 1.89. The van der Waals surface area contributed by atoms with Crippen molar-refractivity contribution in [1.29, 1.82) is 0 Å². The lowest BCUT2D eigenvalue weighted by atomic mass is 10.0. The first-order valence-electron chi connectivity index (χ1n) is 6.34. The summed E-state index contributed by atoms with van der Waals surface area (Å²) in [4.78, 5) is 22.6. The highest BCUT2D eigenvalue weighted by atomic mass is 16.4. The molecule has 20 heavy (non-hydrogen) atoms. The number of amides is 1. The zero-order chi connectivity index (χ0) is 14.5. The van der Waals surface area contributed by atoms with Crippen molar-refractivity contribution in [2.45, 2.75) is 13.3 Å². The summed E-state index contributed by atoms with van der Waals surface area (Å²) >= 11 is 0. The maximum absolute atomic E-state index is 11.6. The van der Waals surface area contributed by atoms with Crippen LogP contribution in [-0.2, 0) is 4.79 Å². The molecular weight excluding hydrogens is 254 g/mol. The molecule has 2 N–H and O–H groups in total. The Hall–Kier alpha value is -2.62. The van der Waals surface area contributed by atoms with Gasteiger partial charge in [-0.2, -0.15) is 0 Å². The van der Waals surface area contributed by atoms with Gasteiger partial charge in [-0.1, -0.05) is 43.3 Å². The van der Waals surface area contributed by atoms with E-state index >= 15 is 0 Å². The number of hydrogen-bond acceptors (Lipinski definition) is 2. The highest BCUT2D eigenvalue weighted by Gasteiger charge is 2.11. The number of carboxylic acid groups (broad SMARTS) is 1. The molecule has 0 fully saturated rings.